The Morgan fingerprint density at radius 3 is 2.34 bits per heavy atom. The number of thiophene rings is 2. The minimum atomic E-state index is -0.0205. The van der Waals surface area contributed by atoms with Crippen LogP contribution in [0, 0.1) is 0 Å². The van der Waals surface area contributed by atoms with Gasteiger partial charge in [0.15, 0.2) is 0 Å². The minimum Gasteiger partial charge on any atom is -0.369 e. The lowest BCUT2D eigenvalue weighted by molar-refractivity contribution is 0.682. The van der Waals surface area contributed by atoms with E-state index in [1.54, 1.807) is 33.3 Å². The molecule has 0 spiro atoms. The second-order valence-electron chi connectivity index (χ2n) is 6.44. The topological polar surface area (TPSA) is 58.4 Å². The van der Waals surface area contributed by atoms with E-state index in [4.69, 9.17) is 4.98 Å². The van der Waals surface area contributed by atoms with E-state index in [9.17, 15) is 4.79 Å². The number of aromatic nitrogens is 2. The molecule has 0 saturated heterocycles. The number of nitrogens with one attached hydrogen (secondary N) is 2. The van der Waals surface area contributed by atoms with E-state index in [-0.39, 0.29) is 18.0 Å². The second-order valence-corrected chi connectivity index (χ2v) is 8.50. The van der Waals surface area contributed by atoms with Gasteiger partial charge in [-0.25, -0.2) is 4.98 Å². The summed E-state index contributed by atoms with van der Waals surface area (Å²) in [6, 6.07) is 14.0. The van der Waals surface area contributed by atoms with Gasteiger partial charge in [-0.2, -0.15) is 0 Å². The number of pyridine rings is 1. The average Bonchev–Trinajstić information content (AvgIpc) is 3.41. The van der Waals surface area contributed by atoms with Gasteiger partial charge in [0.1, 0.15) is 11.5 Å². The predicted molar refractivity (Wildman–Crippen MR) is 125 cm³/mol. The highest BCUT2D eigenvalue weighted by atomic mass is 35.5. The van der Waals surface area contributed by atoms with Crippen molar-refractivity contribution in [3.05, 3.63) is 85.1 Å². The van der Waals surface area contributed by atoms with Crippen molar-refractivity contribution >= 4 is 46.5 Å². The molecule has 0 amide bonds. The standard InChI is InChI=1S/C21H22N4OS2.ClH/c26-21-18(15-22-10-8-16-5-3-13-27-16)20(23-11-9-17-6-4-14-28-17)24-19-7-1-2-12-25(19)21;/h1-7,12-14,22-23H,8-11,15H2;1H. The van der Waals surface area contributed by atoms with Crippen molar-refractivity contribution in [3.8, 4) is 0 Å². The lowest BCUT2D eigenvalue weighted by atomic mass is 10.2. The summed E-state index contributed by atoms with van der Waals surface area (Å²) in [7, 11) is 0. The summed E-state index contributed by atoms with van der Waals surface area (Å²) < 4.78 is 1.61. The molecule has 5 nitrogen and oxygen atoms in total. The lowest BCUT2D eigenvalue weighted by Crippen LogP contribution is -2.28. The molecular weight excluding hydrogens is 424 g/mol. The van der Waals surface area contributed by atoms with Crippen LogP contribution in [-0.2, 0) is 19.4 Å². The Morgan fingerprint density at radius 2 is 1.66 bits per heavy atom. The fourth-order valence-electron chi connectivity index (χ4n) is 3.07. The largest absolute Gasteiger partial charge is 0.369 e. The molecule has 0 aliphatic carbocycles. The van der Waals surface area contributed by atoms with Gasteiger partial charge in [-0.3, -0.25) is 9.20 Å². The summed E-state index contributed by atoms with van der Waals surface area (Å²) in [5.74, 6) is 0.677. The molecule has 0 unspecified atom stereocenters. The van der Waals surface area contributed by atoms with E-state index in [0.717, 1.165) is 25.9 Å². The van der Waals surface area contributed by atoms with Gasteiger partial charge in [0.05, 0.1) is 5.56 Å². The van der Waals surface area contributed by atoms with E-state index < -0.39 is 0 Å². The average molecular weight is 447 g/mol. The van der Waals surface area contributed by atoms with Crippen molar-refractivity contribution in [2.24, 2.45) is 0 Å². The predicted octanol–water partition coefficient (Wildman–Crippen LogP) is 4.23. The van der Waals surface area contributed by atoms with Crippen LogP contribution in [0.5, 0.6) is 0 Å². The Morgan fingerprint density at radius 1 is 0.931 bits per heavy atom. The molecule has 0 aliphatic heterocycles. The third-order valence-corrected chi connectivity index (χ3v) is 6.37. The fourth-order valence-corrected chi connectivity index (χ4v) is 4.49. The van der Waals surface area contributed by atoms with Crippen LogP contribution in [0.4, 0.5) is 5.82 Å². The van der Waals surface area contributed by atoms with Crippen molar-refractivity contribution in [2.75, 3.05) is 18.4 Å². The van der Waals surface area contributed by atoms with Crippen LogP contribution in [0.15, 0.2) is 64.2 Å². The SMILES string of the molecule is Cl.O=c1c(CNCCc2cccs2)c(NCCc2cccs2)nc2ccccn12. The molecule has 4 aromatic heterocycles. The van der Waals surface area contributed by atoms with Gasteiger partial charge in [0, 0.05) is 35.6 Å². The van der Waals surface area contributed by atoms with E-state index in [1.165, 1.54) is 9.75 Å². The molecule has 0 aliphatic rings. The maximum Gasteiger partial charge on any atom is 0.264 e. The summed E-state index contributed by atoms with van der Waals surface area (Å²) >= 11 is 3.50. The fraction of sp³-hybridized carbons (Fsp3) is 0.238. The molecule has 0 radical (unpaired) electrons. The van der Waals surface area contributed by atoms with Crippen molar-refractivity contribution in [1.29, 1.82) is 0 Å². The maximum absolute atomic E-state index is 13.0. The molecule has 0 fully saturated rings. The van der Waals surface area contributed by atoms with Crippen molar-refractivity contribution in [1.82, 2.24) is 14.7 Å². The highest BCUT2D eigenvalue weighted by Crippen LogP contribution is 2.13. The van der Waals surface area contributed by atoms with Gasteiger partial charge in [-0.05, 0) is 47.9 Å². The van der Waals surface area contributed by atoms with Gasteiger partial charge in [0.25, 0.3) is 5.56 Å². The van der Waals surface area contributed by atoms with E-state index in [2.05, 4.69) is 45.7 Å². The van der Waals surface area contributed by atoms with Crippen LogP contribution in [-0.4, -0.2) is 22.5 Å². The molecule has 4 rings (SSSR count). The second kappa shape index (κ2) is 10.5. The molecule has 4 aromatic rings. The molecular formula is C21H23ClN4OS2. The number of halogens is 1. The smallest absolute Gasteiger partial charge is 0.264 e. The third-order valence-electron chi connectivity index (χ3n) is 4.50. The van der Waals surface area contributed by atoms with E-state index >= 15 is 0 Å². The number of nitrogens with zero attached hydrogens (tertiary/aromatic N) is 2. The van der Waals surface area contributed by atoms with Gasteiger partial charge in [-0.1, -0.05) is 18.2 Å². The molecule has 152 valence electrons. The number of fused-ring (bicyclic) bond motifs is 1. The van der Waals surface area contributed by atoms with Crippen molar-refractivity contribution < 1.29 is 0 Å². The lowest BCUT2D eigenvalue weighted by Gasteiger charge is -2.13. The van der Waals surface area contributed by atoms with Crippen LogP contribution < -0.4 is 16.2 Å². The van der Waals surface area contributed by atoms with Crippen LogP contribution in [0.1, 0.15) is 15.3 Å². The van der Waals surface area contributed by atoms with Gasteiger partial charge in [-0.15, -0.1) is 35.1 Å². The van der Waals surface area contributed by atoms with Crippen LogP contribution in [0.25, 0.3) is 5.65 Å². The van der Waals surface area contributed by atoms with E-state index in [1.807, 2.05) is 18.2 Å². The van der Waals surface area contributed by atoms with Crippen LogP contribution in [0.3, 0.4) is 0 Å². The zero-order valence-corrected chi connectivity index (χ0v) is 18.3. The summed E-state index contributed by atoms with van der Waals surface area (Å²) in [6.07, 6.45) is 3.65. The van der Waals surface area contributed by atoms with Crippen LogP contribution in [0.2, 0.25) is 0 Å². The summed E-state index contributed by atoms with van der Waals surface area (Å²) in [4.78, 5) is 20.4. The number of hydrogen-bond acceptors (Lipinski definition) is 6. The number of hydrogen-bond donors (Lipinski definition) is 2. The van der Waals surface area contributed by atoms with Gasteiger partial charge >= 0.3 is 0 Å². The van der Waals surface area contributed by atoms with Gasteiger partial charge < -0.3 is 10.6 Å². The molecule has 0 atom stereocenters. The highest BCUT2D eigenvalue weighted by molar-refractivity contribution is 7.10. The van der Waals surface area contributed by atoms with Gasteiger partial charge in [0.2, 0.25) is 0 Å². The Balaban J connectivity index is 0.00000240. The third kappa shape index (κ3) is 5.45. The Kier molecular flexibility index (Phi) is 7.83. The molecule has 0 aromatic carbocycles. The first kappa shape index (κ1) is 21.5. The monoisotopic (exact) mass is 446 g/mol. The quantitative estimate of drug-likeness (QED) is 0.378. The number of anilines is 1. The maximum atomic E-state index is 13.0. The minimum absolute atomic E-state index is 0. The Hall–Kier alpha value is -2.19. The Labute approximate surface area is 183 Å². The molecule has 0 saturated carbocycles. The summed E-state index contributed by atoms with van der Waals surface area (Å²) in [5.41, 5.74) is 1.32. The summed E-state index contributed by atoms with van der Waals surface area (Å²) in [6.45, 7) is 2.07. The highest BCUT2D eigenvalue weighted by Gasteiger charge is 2.12. The normalized spacial score (nSPS) is 10.8. The first-order valence-corrected chi connectivity index (χ1v) is 11.1. The molecule has 0 bridgehead atoms. The first-order chi connectivity index (χ1) is 13.8. The van der Waals surface area contributed by atoms with Crippen molar-refractivity contribution in [3.63, 3.8) is 0 Å². The van der Waals surface area contributed by atoms with Crippen LogP contribution >= 0.6 is 35.1 Å². The molecule has 8 heteroatoms. The zero-order chi connectivity index (χ0) is 19.2. The summed E-state index contributed by atoms with van der Waals surface area (Å²) in [5, 5.41) is 11.0. The zero-order valence-electron chi connectivity index (χ0n) is 15.8. The molecule has 29 heavy (non-hydrogen) atoms. The van der Waals surface area contributed by atoms with E-state index in [0.29, 0.717) is 23.6 Å². The molecule has 4 heterocycles. The molecule has 2 N–H and O–H groups in total. The number of rotatable bonds is 9. The Bertz CT molecular complexity index is 1080. The van der Waals surface area contributed by atoms with Crippen molar-refractivity contribution in [2.45, 2.75) is 19.4 Å². The first-order valence-electron chi connectivity index (χ1n) is 9.31.